The van der Waals surface area contributed by atoms with Crippen LogP contribution in [-0.4, -0.2) is 25.4 Å². The third-order valence-electron chi connectivity index (χ3n) is 1.55. The van der Waals surface area contributed by atoms with Gasteiger partial charge in [-0.15, -0.1) is 0 Å². The van der Waals surface area contributed by atoms with E-state index in [1.165, 1.54) is 0 Å². The number of halogens is 1. The molecule has 0 radical (unpaired) electrons. The lowest BCUT2D eigenvalue weighted by atomic mass is 10.5. The Kier molecular flexibility index (Phi) is 1.91. The Morgan fingerprint density at radius 1 is 1.62 bits per heavy atom. The Balaban J connectivity index is 2.81. The van der Waals surface area contributed by atoms with Gasteiger partial charge in [-0.25, -0.2) is 14.8 Å². The molecule has 0 aliphatic rings. The number of aromatic nitrogens is 3. The minimum absolute atomic E-state index is 0.0410. The maximum absolute atomic E-state index is 10.7. The summed E-state index contributed by atoms with van der Waals surface area (Å²) in [6, 6.07) is 1.72. The molecule has 13 heavy (non-hydrogen) atoms. The molecule has 2 aromatic rings. The molecule has 0 saturated heterocycles. The lowest BCUT2D eigenvalue weighted by Crippen LogP contribution is -1.99. The quantitative estimate of drug-likeness (QED) is 0.796. The van der Waals surface area contributed by atoms with Crippen LogP contribution in [0.3, 0.4) is 0 Å². The van der Waals surface area contributed by atoms with Crippen LogP contribution in [0.2, 0.25) is 0 Å². The van der Waals surface area contributed by atoms with Gasteiger partial charge >= 0.3 is 5.97 Å². The molecule has 0 atom stereocenters. The smallest absolute Gasteiger partial charge is 0.357 e. The average Bonchev–Trinajstić information content (AvgIpc) is 2.45. The Morgan fingerprint density at radius 3 is 3.00 bits per heavy atom. The van der Waals surface area contributed by atoms with Crippen LogP contribution in [0.15, 0.2) is 18.5 Å². The maximum Gasteiger partial charge on any atom is 0.357 e. The van der Waals surface area contributed by atoms with E-state index in [1.807, 2.05) is 22.6 Å². The Morgan fingerprint density at radius 2 is 2.38 bits per heavy atom. The molecular formula is C7H4IN3O2. The van der Waals surface area contributed by atoms with Crippen molar-refractivity contribution in [2.24, 2.45) is 0 Å². The van der Waals surface area contributed by atoms with Gasteiger partial charge in [0.2, 0.25) is 5.78 Å². The minimum Gasteiger partial charge on any atom is -0.476 e. The van der Waals surface area contributed by atoms with Gasteiger partial charge in [-0.05, 0) is 28.7 Å². The van der Waals surface area contributed by atoms with Gasteiger partial charge in [-0.2, -0.15) is 0 Å². The van der Waals surface area contributed by atoms with Crippen LogP contribution in [0.25, 0.3) is 5.78 Å². The van der Waals surface area contributed by atoms with E-state index >= 15 is 0 Å². The predicted octanol–water partition coefficient (Wildman–Crippen LogP) is 1.03. The number of rotatable bonds is 1. The third kappa shape index (κ3) is 1.26. The Bertz CT molecular complexity index is 480. The van der Waals surface area contributed by atoms with Crippen molar-refractivity contribution in [1.82, 2.24) is 14.4 Å². The fourth-order valence-corrected chi connectivity index (χ4v) is 1.72. The average molecular weight is 289 g/mol. The monoisotopic (exact) mass is 289 g/mol. The van der Waals surface area contributed by atoms with E-state index in [4.69, 9.17) is 5.11 Å². The van der Waals surface area contributed by atoms with Crippen LogP contribution in [0.4, 0.5) is 0 Å². The van der Waals surface area contributed by atoms with E-state index in [9.17, 15) is 4.79 Å². The van der Waals surface area contributed by atoms with Gasteiger partial charge in [0.15, 0.2) is 5.69 Å². The maximum atomic E-state index is 10.7. The zero-order valence-electron chi connectivity index (χ0n) is 6.31. The number of hydrogen-bond donors (Lipinski definition) is 1. The van der Waals surface area contributed by atoms with Crippen LogP contribution in [-0.2, 0) is 0 Å². The standard InChI is InChI=1S/C7H4IN3O2/c8-5-4(6(12)13)10-7-9-2-1-3-11(5)7/h1-3H,(H,12,13). The zero-order chi connectivity index (χ0) is 9.42. The van der Waals surface area contributed by atoms with E-state index in [-0.39, 0.29) is 5.69 Å². The van der Waals surface area contributed by atoms with Crippen LogP contribution in [0.1, 0.15) is 10.5 Å². The molecule has 0 unspecified atom stereocenters. The largest absolute Gasteiger partial charge is 0.476 e. The highest BCUT2D eigenvalue weighted by Crippen LogP contribution is 2.12. The third-order valence-corrected chi connectivity index (χ3v) is 2.58. The van der Waals surface area contributed by atoms with Crippen LogP contribution >= 0.6 is 22.6 Å². The molecule has 0 amide bonds. The normalized spacial score (nSPS) is 10.5. The highest BCUT2D eigenvalue weighted by Gasteiger charge is 2.15. The van der Waals surface area contributed by atoms with Gasteiger partial charge in [-0.3, -0.25) is 4.40 Å². The number of carboxylic acid groups (broad SMARTS) is 1. The molecule has 0 spiro atoms. The Hall–Kier alpha value is -1.18. The van der Waals surface area contributed by atoms with Gasteiger partial charge < -0.3 is 5.11 Å². The first-order valence-electron chi connectivity index (χ1n) is 3.42. The van der Waals surface area contributed by atoms with Gasteiger partial charge in [0.25, 0.3) is 0 Å². The SMILES string of the molecule is O=C(O)c1nc2ncccn2c1I. The summed E-state index contributed by atoms with van der Waals surface area (Å²) in [6.45, 7) is 0. The van der Waals surface area contributed by atoms with Crippen LogP contribution < -0.4 is 0 Å². The van der Waals surface area contributed by atoms with E-state index in [0.717, 1.165) is 0 Å². The zero-order valence-corrected chi connectivity index (χ0v) is 8.46. The van der Waals surface area contributed by atoms with Crippen molar-refractivity contribution in [3.63, 3.8) is 0 Å². The summed E-state index contributed by atoms with van der Waals surface area (Å²) in [4.78, 5) is 18.5. The van der Waals surface area contributed by atoms with Crippen molar-refractivity contribution in [3.8, 4) is 0 Å². The molecule has 6 heteroatoms. The van der Waals surface area contributed by atoms with Crippen molar-refractivity contribution in [2.75, 3.05) is 0 Å². The molecule has 0 aromatic carbocycles. The summed E-state index contributed by atoms with van der Waals surface area (Å²) >= 11 is 1.93. The Labute approximate surface area is 86.6 Å². The second-order valence-electron chi connectivity index (χ2n) is 2.35. The molecule has 1 N–H and O–H groups in total. The summed E-state index contributed by atoms with van der Waals surface area (Å²) in [5.41, 5.74) is 0.0410. The van der Waals surface area contributed by atoms with E-state index in [2.05, 4.69) is 9.97 Å². The molecule has 0 bridgehead atoms. The fourth-order valence-electron chi connectivity index (χ4n) is 0.995. The van der Waals surface area contributed by atoms with Crippen molar-refractivity contribution >= 4 is 34.3 Å². The second-order valence-corrected chi connectivity index (χ2v) is 3.37. The van der Waals surface area contributed by atoms with E-state index in [1.54, 1.807) is 22.9 Å². The highest BCUT2D eigenvalue weighted by molar-refractivity contribution is 14.1. The number of carbonyl (C=O) groups is 1. The van der Waals surface area contributed by atoms with Gasteiger partial charge in [0, 0.05) is 12.4 Å². The molecule has 0 fully saturated rings. The van der Waals surface area contributed by atoms with Crippen molar-refractivity contribution in [1.29, 1.82) is 0 Å². The van der Waals surface area contributed by atoms with Crippen LogP contribution in [0.5, 0.6) is 0 Å². The number of fused-ring (bicyclic) bond motifs is 1. The first kappa shape index (κ1) is 8.42. The van der Waals surface area contributed by atoms with Gasteiger partial charge in [-0.1, -0.05) is 0 Å². The topological polar surface area (TPSA) is 67.5 Å². The first-order valence-corrected chi connectivity index (χ1v) is 4.50. The van der Waals surface area contributed by atoms with Gasteiger partial charge in [0.05, 0.1) is 0 Å². The number of aromatic carboxylic acids is 1. The van der Waals surface area contributed by atoms with Crippen molar-refractivity contribution in [2.45, 2.75) is 0 Å². The second kappa shape index (κ2) is 2.95. The lowest BCUT2D eigenvalue weighted by Gasteiger charge is -1.90. The van der Waals surface area contributed by atoms with E-state index in [0.29, 0.717) is 9.48 Å². The molecule has 0 aliphatic heterocycles. The first-order chi connectivity index (χ1) is 6.20. The number of imidazole rings is 1. The summed E-state index contributed by atoms with van der Waals surface area (Å²) in [7, 11) is 0. The molecule has 5 nitrogen and oxygen atoms in total. The van der Waals surface area contributed by atoms with Gasteiger partial charge in [0.1, 0.15) is 3.70 Å². The number of carboxylic acids is 1. The molecule has 0 aliphatic carbocycles. The van der Waals surface area contributed by atoms with E-state index < -0.39 is 5.97 Å². The summed E-state index contributed by atoms with van der Waals surface area (Å²) < 4.78 is 2.19. The summed E-state index contributed by atoms with van der Waals surface area (Å²) in [6.07, 6.45) is 3.30. The highest BCUT2D eigenvalue weighted by atomic mass is 127. The molecule has 2 rings (SSSR count). The lowest BCUT2D eigenvalue weighted by molar-refractivity contribution is 0.0690. The molecule has 2 aromatic heterocycles. The molecule has 66 valence electrons. The number of hydrogen-bond acceptors (Lipinski definition) is 3. The summed E-state index contributed by atoms with van der Waals surface area (Å²) in [5.74, 6) is -0.626. The van der Waals surface area contributed by atoms with Crippen LogP contribution in [0, 0.1) is 3.70 Å². The minimum atomic E-state index is -1.03. The fraction of sp³-hybridized carbons (Fsp3) is 0. The summed E-state index contributed by atoms with van der Waals surface area (Å²) in [5, 5.41) is 8.76. The molecular weight excluding hydrogens is 285 g/mol. The molecule has 2 heterocycles. The van der Waals surface area contributed by atoms with Crippen molar-refractivity contribution in [3.05, 3.63) is 27.9 Å². The molecule has 0 saturated carbocycles. The predicted molar refractivity (Wildman–Crippen MR) is 52.7 cm³/mol. The van der Waals surface area contributed by atoms with Crippen molar-refractivity contribution < 1.29 is 9.90 Å². The number of nitrogens with zero attached hydrogens (tertiary/aromatic N) is 3.